The minimum Gasteiger partial charge on any atom is -0.457 e. The van der Waals surface area contributed by atoms with Gasteiger partial charge in [-0.15, -0.1) is 11.6 Å². The smallest absolute Gasteiger partial charge is 0.324 e. The van der Waals surface area contributed by atoms with Crippen LogP contribution in [0.15, 0.2) is 60.5 Å². The molecule has 2 heterocycles. The van der Waals surface area contributed by atoms with E-state index in [1.54, 1.807) is 24.5 Å². The number of aromatic nitrogens is 1. The number of carbonyl (C=O) groups excluding carboxylic acids is 3. The lowest BCUT2D eigenvalue weighted by Gasteiger charge is -2.42. The van der Waals surface area contributed by atoms with Gasteiger partial charge in [0.05, 0.1) is 5.38 Å². The van der Waals surface area contributed by atoms with Gasteiger partial charge in [-0.2, -0.15) is 0 Å². The Hall–Kier alpha value is -2.53. The van der Waals surface area contributed by atoms with Gasteiger partial charge in [0.1, 0.15) is 5.60 Å². The number of Topliss-reactive ketones (excluding diaryl/α,β-unsaturated/α-hetero) is 2. The van der Waals surface area contributed by atoms with Gasteiger partial charge in [0.25, 0.3) is 0 Å². The number of cyclic esters (lactones) is 1. The highest BCUT2D eigenvalue weighted by atomic mass is 35.5. The van der Waals surface area contributed by atoms with Gasteiger partial charge in [-0.3, -0.25) is 19.4 Å². The lowest BCUT2D eigenvalue weighted by Crippen LogP contribution is -2.53. The van der Waals surface area contributed by atoms with Crippen LogP contribution in [0.3, 0.4) is 0 Å². The van der Waals surface area contributed by atoms with Gasteiger partial charge in [-0.25, -0.2) is 0 Å². The zero-order valence-electron chi connectivity index (χ0n) is 18.0. The highest BCUT2D eigenvalue weighted by Gasteiger charge is 2.53. The molecule has 0 N–H and O–H groups in total. The van der Waals surface area contributed by atoms with Gasteiger partial charge in [-0.05, 0) is 48.8 Å². The van der Waals surface area contributed by atoms with Crippen LogP contribution in [0.5, 0.6) is 0 Å². The molecule has 0 amide bonds. The van der Waals surface area contributed by atoms with Crippen LogP contribution in [0.2, 0.25) is 0 Å². The monoisotopic (exact) mass is 453 g/mol. The molecule has 3 unspecified atom stereocenters. The van der Waals surface area contributed by atoms with Gasteiger partial charge in [0, 0.05) is 25.2 Å². The van der Waals surface area contributed by atoms with Gasteiger partial charge in [0.15, 0.2) is 17.5 Å². The third-order valence-corrected chi connectivity index (χ3v) is 7.08. The van der Waals surface area contributed by atoms with E-state index in [4.69, 9.17) is 16.3 Å². The maximum Gasteiger partial charge on any atom is 0.324 e. The first-order valence-corrected chi connectivity index (χ1v) is 11.8. The molecule has 0 spiro atoms. The van der Waals surface area contributed by atoms with Crippen molar-refractivity contribution in [1.29, 1.82) is 0 Å². The molecule has 2 fully saturated rings. The topological polar surface area (TPSA) is 73.3 Å². The summed E-state index contributed by atoms with van der Waals surface area (Å²) in [5.41, 5.74) is 0.935. The van der Waals surface area contributed by atoms with E-state index in [2.05, 4.69) is 4.98 Å². The lowest BCUT2D eigenvalue weighted by molar-refractivity contribution is -0.186. The van der Waals surface area contributed by atoms with Crippen LogP contribution in [0, 0.1) is 11.8 Å². The summed E-state index contributed by atoms with van der Waals surface area (Å²) in [6.07, 6.45) is 18.3. The zero-order chi connectivity index (χ0) is 22.6. The molecular formula is C26H28ClNO4. The summed E-state index contributed by atoms with van der Waals surface area (Å²) in [6.45, 7) is 0. The third kappa shape index (κ3) is 5.09. The molecule has 0 aromatic carbocycles. The van der Waals surface area contributed by atoms with Crippen LogP contribution in [0.25, 0.3) is 0 Å². The first-order valence-electron chi connectivity index (χ1n) is 11.3. The molecule has 1 aromatic rings. The minimum absolute atomic E-state index is 0.000612. The van der Waals surface area contributed by atoms with Crippen LogP contribution < -0.4 is 0 Å². The third-order valence-electron chi connectivity index (χ3n) is 6.79. The first-order chi connectivity index (χ1) is 15.5. The van der Waals surface area contributed by atoms with E-state index in [9.17, 15) is 14.4 Å². The molecule has 3 atom stereocenters. The predicted molar refractivity (Wildman–Crippen MR) is 122 cm³/mol. The Labute approximate surface area is 193 Å². The van der Waals surface area contributed by atoms with Crippen molar-refractivity contribution in [3.8, 4) is 0 Å². The van der Waals surface area contributed by atoms with Crippen LogP contribution >= 0.6 is 11.6 Å². The quantitative estimate of drug-likeness (QED) is 0.340. The molecular weight excluding hydrogens is 426 g/mol. The van der Waals surface area contributed by atoms with E-state index < -0.39 is 23.3 Å². The van der Waals surface area contributed by atoms with Crippen molar-refractivity contribution in [1.82, 2.24) is 4.98 Å². The summed E-state index contributed by atoms with van der Waals surface area (Å²) in [6, 6.07) is 3.49. The van der Waals surface area contributed by atoms with Gasteiger partial charge < -0.3 is 4.74 Å². The minimum atomic E-state index is -1.33. The van der Waals surface area contributed by atoms with Crippen molar-refractivity contribution in [3.63, 3.8) is 0 Å². The lowest BCUT2D eigenvalue weighted by atomic mass is 9.73. The van der Waals surface area contributed by atoms with Crippen molar-refractivity contribution in [3.05, 3.63) is 66.0 Å². The van der Waals surface area contributed by atoms with E-state index in [1.165, 1.54) is 0 Å². The highest BCUT2D eigenvalue weighted by Crippen LogP contribution is 2.45. The SMILES string of the molecule is O=C(Cc1cccnc1)C1C(=O)CC(CCC2=CC=CC(Cl)C=C2)(C2CCCC2)OC1=O. The van der Waals surface area contributed by atoms with E-state index in [-0.39, 0.29) is 29.9 Å². The average Bonchev–Trinajstić information content (AvgIpc) is 3.23. The predicted octanol–water partition coefficient (Wildman–Crippen LogP) is 4.69. The summed E-state index contributed by atoms with van der Waals surface area (Å²) < 4.78 is 6.05. The fourth-order valence-electron chi connectivity index (χ4n) is 5.11. The number of hydrogen-bond acceptors (Lipinski definition) is 5. The fourth-order valence-corrected chi connectivity index (χ4v) is 5.26. The van der Waals surface area contributed by atoms with E-state index in [0.717, 1.165) is 31.3 Å². The fraction of sp³-hybridized carbons (Fsp3) is 0.462. The van der Waals surface area contributed by atoms with Crippen molar-refractivity contribution >= 4 is 29.1 Å². The molecule has 6 heteroatoms. The number of esters is 1. The van der Waals surface area contributed by atoms with E-state index in [0.29, 0.717) is 18.4 Å². The molecule has 1 aliphatic heterocycles. The van der Waals surface area contributed by atoms with Crippen molar-refractivity contribution in [2.75, 3.05) is 0 Å². The first kappa shape index (κ1) is 22.7. The molecule has 4 rings (SSSR count). The summed E-state index contributed by atoms with van der Waals surface area (Å²) in [7, 11) is 0. The van der Waals surface area contributed by atoms with Crippen LogP contribution in [-0.4, -0.2) is 33.5 Å². The molecule has 32 heavy (non-hydrogen) atoms. The maximum atomic E-state index is 13.2. The second-order valence-corrected chi connectivity index (χ2v) is 9.48. The number of ketones is 2. The number of ether oxygens (including phenoxy) is 1. The van der Waals surface area contributed by atoms with Gasteiger partial charge in [0.2, 0.25) is 0 Å². The molecule has 3 aliphatic rings. The molecule has 2 aliphatic carbocycles. The Morgan fingerprint density at radius 1 is 1.22 bits per heavy atom. The van der Waals surface area contributed by atoms with Crippen molar-refractivity contribution in [2.45, 2.75) is 62.3 Å². The molecule has 1 aromatic heterocycles. The standard InChI is InChI=1S/C26H28ClNO4/c27-21-9-3-5-18(10-11-21)12-13-26(20-7-1-2-8-20)16-23(30)24(25(31)32-26)22(29)15-19-6-4-14-28-17-19/h3-6,9-11,14,17,20-21,24H,1-2,7-8,12-13,15-16H2. The second kappa shape index (κ2) is 9.95. The van der Waals surface area contributed by atoms with Crippen LogP contribution in [0.4, 0.5) is 0 Å². The molecule has 1 saturated carbocycles. The Morgan fingerprint density at radius 3 is 2.75 bits per heavy atom. The zero-order valence-corrected chi connectivity index (χ0v) is 18.8. The average molecular weight is 454 g/mol. The number of allylic oxidation sites excluding steroid dienone is 6. The normalized spacial score (nSPS) is 28.3. The molecule has 0 radical (unpaired) electrons. The Bertz CT molecular complexity index is 941. The molecule has 5 nitrogen and oxygen atoms in total. The molecule has 168 valence electrons. The number of rotatable bonds is 7. The van der Waals surface area contributed by atoms with Gasteiger partial charge in [-0.1, -0.05) is 49.3 Å². The van der Waals surface area contributed by atoms with Crippen molar-refractivity contribution in [2.24, 2.45) is 11.8 Å². The maximum absolute atomic E-state index is 13.2. The Balaban J connectivity index is 1.50. The number of carbonyl (C=O) groups is 3. The summed E-state index contributed by atoms with van der Waals surface area (Å²) in [4.78, 5) is 43.0. The number of nitrogens with zero attached hydrogens (tertiary/aromatic N) is 1. The highest BCUT2D eigenvalue weighted by molar-refractivity contribution is 6.23. The molecule has 0 bridgehead atoms. The Morgan fingerprint density at radius 2 is 2.03 bits per heavy atom. The van der Waals surface area contributed by atoms with E-state index >= 15 is 0 Å². The summed E-state index contributed by atoms with van der Waals surface area (Å²) in [5, 5.41) is -0.145. The summed E-state index contributed by atoms with van der Waals surface area (Å²) >= 11 is 6.15. The number of alkyl halides is 1. The number of hydrogen-bond donors (Lipinski definition) is 0. The van der Waals surface area contributed by atoms with Crippen molar-refractivity contribution < 1.29 is 19.1 Å². The van der Waals surface area contributed by atoms with Crippen LogP contribution in [0.1, 0.15) is 50.5 Å². The molecule has 1 saturated heterocycles. The number of halogens is 1. The second-order valence-electron chi connectivity index (χ2n) is 8.98. The van der Waals surface area contributed by atoms with E-state index in [1.807, 2.05) is 30.4 Å². The van der Waals surface area contributed by atoms with Gasteiger partial charge >= 0.3 is 5.97 Å². The summed E-state index contributed by atoms with van der Waals surface area (Å²) in [5.74, 6) is -2.60. The number of pyridine rings is 1. The largest absolute Gasteiger partial charge is 0.457 e. The van der Waals surface area contributed by atoms with Crippen LogP contribution in [-0.2, 0) is 25.5 Å². The Kier molecular flexibility index (Phi) is 7.04.